The van der Waals surface area contributed by atoms with Gasteiger partial charge in [-0.1, -0.05) is 53.8 Å². The summed E-state index contributed by atoms with van der Waals surface area (Å²) in [6, 6.07) is 9.63. The highest BCUT2D eigenvalue weighted by Crippen LogP contribution is 2.29. The van der Waals surface area contributed by atoms with Gasteiger partial charge in [0.25, 0.3) is 0 Å². The largest absolute Gasteiger partial charge is 0.496 e. The van der Waals surface area contributed by atoms with Crippen LogP contribution in [0, 0.1) is 25.7 Å². The molecule has 0 bridgehead atoms. The normalized spacial score (nSPS) is 13.9. The number of hydrogen-bond acceptors (Lipinski definition) is 8. The van der Waals surface area contributed by atoms with Gasteiger partial charge in [-0.25, -0.2) is 4.98 Å². The second kappa shape index (κ2) is 14.6. The number of carbonyl (C=O) groups excluding carboxylic acids is 1. The fourth-order valence-corrected chi connectivity index (χ4v) is 5.99. The van der Waals surface area contributed by atoms with E-state index in [0.717, 1.165) is 65.8 Å². The van der Waals surface area contributed by atoms with Gasteiger partial charge in [-0.05, 0) is 64.5 Å². The van der Waals surface area contributed by atoms with Gasteiger partial charge in [0.05, 0.1) is 30.3 Å². The van der Waals surface area contributed by atoms with Crippen molar-refractivity contribution in [3.8, 4) is 17.6 Å². The molecule has 1 aliphatic carbocycles. The zero-order valence-corrected chi connectivity index (χ0v) is 26.3. The number of pyridine rings is 1. The average molecular weight is 615 g/mol. The molecule has 1 saturated carbocycles. The van der Waals surface area contributed by atoms with E-state index in [1.807, 2.05) is 54.9 Å². The fraction of sp³-hybridized carbons (Fsp3) is 0.412. The van der Waals surface area contributed by atoms with Crippen molar-refractivity contribution in [1.29, 1.82) is 0 Å². The lowest BCUT2D eigenvalue weighted by Crippen LogP contribution is -2.41. The number of esters is 1. The topological polar surface area (TPSA) is 117 Å². The second-order valence-corrected chi connectivity index (χ2v) is 11.6. The molecule has 3 aromatic heterocycles. The Kier molecular flexibility index (Phi) is 10.4. The predicted molar refractivity (Wildman–Crippen MR) is 173 cm³/mol. The third kappa shape index (κ3) is 7.50. The number of nitrogens with zero attached hydrogens (tertiary/aromatic N) is 4. The Labute approximate surface area is 263 Å². The molecule has 5 rings (SSSR count). The number of anilines is 1. The van der Waals surface area contributed by atoms with Crippen LogP contribution in [-0.2, 0) is 22.5 Å². The van der Waals surface area contributed by atoms with Crippen LogP contribution >= 0.6 is 11.6 Å². The fourth-order valence-electron chi connectivity index (χ4n) is 5.72. The Morgan fingerprint density at radius 1 is 1.20 bits per heavy atom. The molecule has 3 N–H and O–H groups in total. The summed E-state index contributed by atoms with van der Waals surface area (Å²) in [5.74, 6) is 7.25. The van der Waals surface area contributed by atoms with Crippen LogP contribution < -0.4 is 15.8 Å². The number of benzene rings is 1. The first-order valence-electron chi connectivity index (χ1n) is 15.1. The second-order valence-electron chi connectivity index (χ2n) is 11.2. The van der Waals surface area contributed by atoms with E-state index in [4.69, 9.17) is 26.8 Å². The van der Waals surface area contributed by atoms with Crippen molar-refractivity contribution < 1.29 is 14.3 Å². The molecule has 0 amide bonds. The number of hydrogen-bond donors (Lipinski definition) is 2. The lowest BCUT2D eigenvalue weighted by molar-refractivity contribution is -0.151. The van der Waals surface area contributed by atoms with E-state index in [1.54, 1.807) is 13.3 Å². The third-order valence-electron chi connectivity index (χ3n) is 8.00. The van der Waals surface area contributed by atoms with E-state index in [2.05, 4.69) is 32.1 Å². The van der Waals surface area contributed by atoms with Gasteiger partial charge in [-0.2, -0.15) is 4.98 Å². The first-order chi connectivity index (χ1) is 21.3. The molecule has 10 heteroatoms. The minimum absolute atomic E-state index is 0.0365. The molecule has 0 saturated heterocycles. The highest BCUT2D eigenvalue weighted by Gasteiger charge is 2.25. The number of methoxy groups -OCH3 is 1. The molecule has 1 fully saturated rings. The van der Waals surface area contributed by atoms with Crippen molar-refractivity contribution in [2.45, 2.75) is 77.5 Å². The molecule has 1 unspecified atom stereocenters. The average Bonchev–Trinajstić information content (AvgIpc) is 3.64. The van der Waals surface area contributed by atoms with Crippen molar-refractivity contribution in [1.82, 2.24) is 24.8 Å². The quantitative estimate of drug-likeness (QED) is 0.0977. The van der Waals surface area contributed by atoms with Gasteiger partial charge in [0.2, 0.25) is 5.95 Å². The molecule has 1 atom stereocenters. The van der Waals surface area contributed by atoms with E-state index in [-0.39, 0.29) is 23.2 Å². The van der Waals surface area contributed by atoms with Crippen LogP contribution in [0.3, 0.4) is 0 Å². The summed E-state index contributed by atoms with van der Waals surface area (Å²) in [6.45, 7) is 5.03. The van der Waals surface area contributed by atoms with Gasteiger partial charge < -0.3 is 25.1 Å². The molecule has 9 nitrogen and oxygen atoms in total. The zero-order valence-electron chi connectivity index (χ0n) is 25.5. The highest BCUT2D eigenvalue weighted by atomic mass is 35.5. The number of fused-ring (bicyclic) bond motifs is 1. The smallest absolute Gasteiger partial charge is 0.323 e. The van der Waals surface area contributed by atoms with Crippen LogP contribution in [-0.4, -0.2) is 51.3 Å². The van der Waals surface area contributed by atoms with Crippen LogP contribution in [0.25, 0.3) is 11.0 Å². The van der Waals surface area contributed by atoms with E-state index >= 15 is 0 Å². The van der Waals surface area contributed by atoms with Gasteiger partial charge >= 0.3 is 5.97 Å². The molecule has 44 heavy (non-hydrogen) atoms. The standard InChI is InChI=1S/C34H39ClN6O3/c1-22-19-38-28(23(2)30(22)43-3)21-41-20-25(29-31(35)39-34(36)40-32(29)41)14-8-5-11-17-37-27(18-24-12-6-4-7-13-24)33(42)44-26-15-9-10-16-26/h4,6-7,12-13,19-20,26-27,37H,5,9-11,15-18,21H2,1-3H3,(H2,36,39,40). The number of aromatic nitrogens is 4. The number of halogens is 1. The Hall–Kier alpha value is -4.13. The van der Waals surface area contributed by atoms with Crippen molar-refractivity contribution in [2.24, 2.45) is 0 Å². The molecular formula is C34H39ClN6O3. The van der Waals surface area contributed by atoms with Crippen molar-refractivity contribution >= 4 is 34.6 Å². The highest BCUT2D eigenvalue weighted by molar-refractivity contribution is 6.34. The summed E-state index contributed by atoms with van der Waals surface area (Å²) in [7, 11) is 1.66. The van der Waals surface area contributed by atoms with E-state index in [1.165, 1.54) is 0 Å². The number of rotatable bonds is 11. The van der Waals surface area contributed by atoms with Gasteiger partial charge in [0.1, 0.15) is 28.7 Å². The van der Waals surface area contributed by atoms with Gasteiger partial charge in [0, 0.05) is 29.9 Å². The predicted octanol–water partition coefficient (Wildman–Crippen LogP) is 5.55. The SMILES string of the molecule is COc1c(C)cnc(Cn2cc(C#CCCCNC(Cc3ccccc3)C(=O)OC3CCCC3)c3c(Cl)nc(N)nc32)c1C. The van der Waals surface area contributed by atoms with Gasteiger partial charge in [0.15, 0.2) is 0 Å². The van der Waals surface area contributed by atoms with Gasteiger partial charge in [-0.3, -0.25) is 9.78 Å². The van der Waals surface area contributed by atoms with Crippen LogP contribution in [0.4, 0.5) is 5.95 Å². The molecule has 0 aliphatic heterocycles. The van der Waals surface area contributed by atoms with Gasteiger partial charge in [-0.15, -0.1) is 0 Å². The summed E-state index contributed by atoms with van der Waals surface area (Å²) < 4.78 is 13.4. The van der Waals surface area contributed by atoms with Crippen LogP contribution in [0.5, 0.6) is 5.75 Å². The zero-order chi connectivity index (χ0) is 31.1. The van der Waals surface area contributed by atoms with E-state index in [0.29, 0.717) is 37.0 Å². The Balaban J connectivity index is 1.27. The summed E-state index contributed by atoms with van der Waals surface area (Å²) in [6.07, 6.45) is 9.86. The first kappa shape index (κ1) is 31.3. The lowest BCUT2D eigenvalue weighted by atomic mass is 10.1. The number of nitrogen functional groups attached to an aromatic ring is 1. The molecule has 230 valence electrons. The minimum atomic E-state index is -0.400. The maximum absolute atomic E-state index is 13.0. The van der Waals surface area contributed by atoms with Crippen LogP contribution in [0.1, 0.15) is 66.5 Å². The van der Waals surface area contributed by atoms with Crippen molar-refractivity contribution in [3.05, 3.63) is 75.8 Å². The number of carbonyl (C=O) groups is 1. The monoisotopic (exact) mass is 614 g/mol. The summed E-state index contributed by atoms with van der Waals surface area (Å²) in [5, 5.41) is 4.33. The number of nitrogens with one attached hydrogen (secondary N) is 1. The van der Waals surface area contributed by atoms with Crippen LogP contribution in [0.15, 0.2) is 42.7 Å². The Morgan fingerprint density at radius 2 is 1.98 bits per heavy atom. The molecule has 1 aromatic carbocycles. The van der Waals surface area contributed by atoms with Crippen LogP contribution in [0.2, 0.25) is 5.15 Å². The Bertz CT molecular complexity index is 1670. The number of nitrogens with two attached hydrogens (primary N) is 1. The Morgan fingerprint density at radius 3 is 2.73 bits per heavy atom. The van der Waals surface area contributed by atoms with Crippen molar-refractivity contribution in [2.75, 3.05) is 19.4 Å². The molecular weight excluding hydrogens is 576 g/mol. The maximum atomic E-state index is 13.0. The number of unbranched alkanes of at least 4 members (excludes halogenated alkanes) is 1. The molecule has 3 heterocycles. The maximum Gasteiger partial charge on any atom is 0.323 e. The first-order valence-corrected chi connectivity index (χ1v) is 15.5. The molecule has 0 spiro atoms. The number of aryl methyl sites for hydroxylation is 1. The number of ether oxygens (including phenoxy) is 2. The summed E-state index contributed by atoms with van der Waals surface area (Å²) in [4.78, 5) is 26.3. The minimum Gasteiger partial charge on any atom is -0.496 e. The molecule has 4 aromatic rings. The third-order valence-corrected chi connectivity index (χ3v) is 8.28. The van der Waals surface area contributed by atoms with Crippen molar-refractivity contribution in [3.63, 3.8) is 0 Å². The molecule has 0 radical (unpaired) electrons. The van der Waals surface area contributed by atoms with E-state index in [9.17, 15) is 4.79 Å². The van der Waals surface area contributed by atoms with E-state index < -0.39 is 6.04 Å². The summed E-state index contributed by atoms with van der Waals surface area (Å²) >= 11 is 6.54. The lowest BCUT2D eigenvalue weighted by Gasteiger charge is -2.20. The molecule has 1 aliphatic rings. The summed E-state index contributed by atoms with van der Waals surface area (Å²) in [5.41, 5.74) is 11.1.